The Morgan fingerprint density at radius 2 is 2.14 bits per heavy atom. The average molecular weight is 124 g/mol. The van der Waals surface area contributed by atoms with Crippen LogP contribution in [0.5, 0.6) is 0 Å². The van der Waals surface area contributed by atoms with Gasteiger partial charge in [-0.2, -0.15) is 3.89 Å². The lowest BCUT2D eigenvalue weighted by atomic mass is 10.9. The minimum Gasteiger partial charge on any atom is -0.305 e. The predicted molar refractivity (Wildman–Crippen MR) is 30.4 cm³/mol. The van der Waals surface area contributed by atoms with Crippen molar-refractivity contribution in [3.63, 3.8) is 0 Å². The molecule has 0 aromatic heterocycles. The molecule has 2 N–H and O–H groups in total. The Hall–Kier alpha value is 0.200. The molecule has 4 heteroatoms. The van der Waals surface area contributed by atoms with Gasteiger partial charge in [0.1, 0.15) is 5.50 Å². The van der Waals surface area contributed by atoms with Crippen molar-refractivity contribution in [1.82, 2.24) is 4.90 Å². The van der Waals surface area contributed by atoms with Gasteiger partial charge in [0.15, 0.2) is 0 Å². The third-order valence-electron chi connectivity index (χ3n) is 0.600. The molecule has 7 heavy (non-hydrogen) atoms. The van der Waals surface area contributed by atoms with E-state index in [2.05, 4.69) is 0 Å². The van der Waals surface area contributed by atoms with Gasteiger partial charge >= 0.3 is 0 Å². The summed E-state index contributed by atoms with van der Waals surface area (Å²) >= 11 is 0.137. The minimum absolute atomic E-state index is 0.137. The van der Waals surface area contributed by atoms with Gasteiger partial charge in [-0.25, -0.2) is 0 Å². The van der Waals surface area contributed by atoms with E-state index in [9.17, 15) is 3.89 Å². The zero-order valence-corrected chi connectivity index (χ0v) is 5.20. The van der Waals surface area contributed by atoms with Gasteiger partial charge in [0.25, 0.3) is 0 Å². The smallest absolute Gasteiger partial charge is 0.137 e. The van der Waals surface area contributed by atoms with E-state index in [1.54, 1.807) is 19.0 Å². The first-order chi connectivity index (χ1) is 3.18. The van der Waals surface area contributed by atoms with Gasteiger partial charge in [-0.05, 0) is 14.1 Å². The molecule has 0 spiro atoms. The fraction of sp³-hybridized carbons (Fsp3) is 1.00. The van der Waals surface area contributed by atoms with E-state index in [-0.39, 0.29) is 12.1 Å². The molecular weight excluding hydrogens is 115 g/mol. The van der Waals surface area contributed by atoms with E-state index in [0.29, 0.717) is 0 Å². The number of nitrogens with two attached hydrogens (primary N) is 1. The predicted octanol–water partition coefficient (Wildman–Crippen LogP) is 0.408. The van der Waals surface area contributed by atoms with Crippen LogP contribution in [0.25, 0.3) is 0 Å². The summed E-state index contributed by atoms with van der Waals surface area (Å²) in [4.78, 5) is 1.59. The summed E-state index contributed by atoms with van der Waals surface area (Å²) in [5, 5.41) is 0. The Kier molecular flexibility index (Phi) is 3.33. The Balaban J connectivity index is 3.14. The minimum atomic E-state index is -0.514. The summed E-state index contributed by atoms with van der Waals surface area (Å²) in [6.07, 6.45) is 0. The van der Waals surface area contributed by atoms with Crippen molar-refractivity contribution in [3.05, 3.63) is 0 Å². The Morgan fingerprint density at radius 3 is 2.14 bits per heavy atom. The molecule has 0 rings (SSSR count). The molecule has 0 amide bonds. The van der Waals surface area contributed by atoms with Crippen molar-refractivity contribution in [2.24, 2.45) is 5.73 Å². The van der Waals surface area contributed by atoms with Crippen LogP contribution in [-0.2, 0) is 0 Å². The molecule has 0 fully saturated rings. The van der Waals surface area contributed by atoms with Crippen LogP contribution in [0, 0.1) is 0 Å². The Labute approximate surface area is 47.2 Å². The van der Waals surface area contributed by atoms with E-state index in [1.165, 1.54) is 0 Å². The quantitative estimate of drug-likeness (QED) is 0.540. The molecule has 1 atom stereocenters. The second-order valence-electron chi connectivity index (χ2n) is 1.44. The second-order valence-corrected chi connectivity index (χ2v) is 2.10. The lowest BCUT2D eigenvalue weighted by Crippen LogP contribution is -2.31. The largest absolute Gasteiger partial charge is 0.305 e. The average Bonchev–Trinajstić information content (AvgIpc) is 1.65. The van der Waals surface area contributed by atoms with E-state index >= 15 is 0 Å². The third-order valence-corrected chi connectivity index (χ3v) is 1.20. The van der Waals surface area contributed by atoms with Crippen molar-refractivity contribution in [3.8, 4) is 0 Å². The van der Waals surface area contributed by atoms with Crippen LogP contribution in [0.3, 0.4) is 0 Å². The van der Waals surface area contributed by atoms with Gasteiger partial charge in [0.05, 0.1) is 12.1 Å². The highest BCUT2D eigenvalue weighted by Gasteiger charge is 2.02. The zero-order chi connectivity index (χ0) is 5.86. The molecule has 0 aromatic rings. The highest BCUT2D eigenvalue weighted by molar-refractivity contribution is 7.94. The SMILES string of the molecule is CN(C)C(N)SF. The molecule has 0 aliphatic carbocycles. The van der Waals surface area contributed by atoms with Gasteiger partial charge in [0, 0.05) is 0 Å². The standard InChI is InChI=1S/C3H9FN2S/c1-6(2)3(5)7-4/h3H,5H2,1-2H3. The van der Waals surface area contributed by atoms with Crippen molar-refractivity contribution >= 4 is 12.1 Å². The number of hydrogen-bond acceptors (Lipinski definition) is 3. The molecular formula is C3H9FN2S. The van der Waals surface area contributed by atoms with E-state index in [0.717, 1.165) is 0 Å². The van der Waals surface area contributed by atoms with Crippen LogP contribution < -0.4 is 5.73 Å². The maximum atomic E-state index is 11.4. The van der Waals surface area contributed by atoms with Crippen LogP contribution >= 0.6 is 12.1 Å². The summed E-state index contributed by atoms with van der Waals surface area (Å²) in [5.41, 5.74) is 4.62. The van der Waals surface area contributed by atoms with Gasteiger partial charge < -0.3 is 5.73 Å². The highest BCUT2D eigenvalue weighted by Crippen LogP contribution is 2.06. The second kappa shape index (κ2) is 3.23. The Morgan fingerprint density at radius 1 is 1.71 bits per heavy atom. The van der Waals surface area contributed by atoms with Gasteiger partial charge in [-0.1, -0.05) is 0 Å². The van der Waals surface area contributed by atoms with Crippen LogP contribution in [0.4, 0.5) is 3.89 Å². The number of hydrogen-bond donors (Lipinski definition) is 1. The molecule has 0 aliphatic heterocycles. The first-order valence-electron chi connectivity index (χ1n) is 1.88. The number of halogens is 1. The third kappa shape index (κ3) is 2.85. The molecule has 0 saturated heterocycles. The van der Waals surface area contributed by atoms with Crippen molar-refractivity contribution in [2.75, 3.05) is 14.1 Å². The van der Waals surface area contributed by atoms with Crippen LogP contribution in [0.1, 0.15) is 0 Å². The van der Waals surface area contributed by atoms with Gasteiger partial charge in [0.2, 0.25) is 0 Å². The Bertz CT molecular complexity index is 50.2. The molecule has 0 bridgehead atoms. The molecule has 0 aromatic carbocycles. The lowest BCUT2D eigenvalue weighted by molar-refractivity contribution is 0.386. The first kappa shape index (κ1) is 7.20. The number of nitrogens with zero attached hydrogens (tertiary/aromatic N) is 1. The summed E-state index contributed by atoms with van der Waals surface area (Å²) in [6, 6.07) is 0. The highest BCUT2D eigenvalue weighted by atomic mass is 32.2. The van der Waals surface area contributed by atoms with Gasteiger partial charge in [-0.3, -0.25) is 4.90 Å². The van der Waals surface area contributed by atoms with Crippen molar-refractivity contribution in [1.29, 1.82) is 0 Å². The van der Waals surface area contributed by atoms with Crippen LogP contribution in [0.2, 0.25) is 0 Å². The summed E-state index contributed by atoms with van der Waals surface area (Å²) in [5.74, 6) is 0. The zero-order valence-electron chi connectivity index (χ0n) is 4.39. The topological polar surface area (TPSA) is 29.3 Å². The molecule has 1 unspecified atom stereocenters. The molecule has 0 saturated carbocycles. The lowest BCUT2D eigenvalue weighted by Gasteiger charge is -2.12. The molecule has 0 radical (unpaired) electrons. The summed E-state index contributed by atoms with van der Waals surface area (Å²) in [7, 11) is 3.44. The molecule has 0 aliphatic rings. The summed E-state index contributed by atoms with van der Waals surface area (Å²) < 4.78 is 11.4. The molecule has 44 valence electrons. The maximum Gasteiger partial charge on any atom is 0.137 e. The first-order valence-corrected chi connectivity index (χ1v) is 2.66. The van der Waals surface area contributed by atoms with Gasteiger partial charge in [-0.15, -0.1) is 0 Å². The summed E-state index contributed by atoms with van der Waals surface area (Å²) in [6.45, 7) is 0. The molecule has 2 nitrogen and oxygen atoms in total. The van der Waals surface area contributed by atoms with Crippen molar-refractivity contribution < 1.29 is 3.89 Å². The number of rotatable bonds is 2. The maximum absolute atomic E-state index is 11.4. The van der Waals surface area contributed by atoms with E-state index in [1.807, 2.05) is 0 Å². The van der Waals surface area contributed by atoms with Crippen LogP contribution in [-0.4, -0.2) is 24.5 Å². The molecule has 0 heterocycles. The fourth-order valence-corrected chi connectivity index (χ4v) is 0.239. The fourth-order valence-electron chi connectivity index (χ4n) is 0.0797. The van der Waals surface area contributed by atoms with Crippen molar-refractivity contribution in [2.45, 2.75) is 5.50 Å². The monoisotopic (exact) mass is 124 g/mol. The van der Waals surface area contributed by atoms with Crippen LogP contribution in [0.15, 0.2) is 0 Å². The normalized spacial score (nSPS) is 15.0. The van der Waals surface area contributed by atoms with E-state index < -0.39 is 5.50 Å². The van der Waals surface area contributed by atoms with E-state index in [4.69, 9.17) is 5.73 Å².